The second-order valence-electron chi connectivity index (χ2n) is 6.92. The van der Waals surface area contributed by atoms with E-state index in [1.165, 1.54) is 16.5 Å². The number of benzene rings is 1. The highest BCUT2D eigenvalue weighted by Gasteiger charge is 2.18. The van der Waals surface area contributed by atoms with Gasteiger partial charge in [-0.2, -0.15) is 5.10 Å². The summed E-state index contributed by atoms with van der Waals surface area (Å²) in [6, 6.07) is 6.16. The maximum Gasteiger partial charge on any atom is 0.227 e. The highest BCUT2D eigenvalue weighted by Crippen LogP contribution is 2.28. The lowest BCUT2D eigenvalue weighted by Crippen LogP contribution is -2.28. The Balaban J connectivity index is 1.78. The molecule has 138 valence electrons. The van der Waals surface area contributed by atoms with Crippen molar-refractivity contribution in [3.8, 4) is 0 Å². The summed E-state index contributed by atoms with van der Waals surface area (Å²) in [6.45, 7) is 7.17. The monoisotopic (exact) mass is 354 g/mol. The zero-order chi connectivity index (χ0) is 18.8. The summed E-state index contributed by atoms with van der Waals surface area (Å²) in [4.78, 5) is 18.0. The van der Waals surface area contributed by atoms with Gasteiger partial charge in [0.1, 0.15) is 0 Å². The Hall–Kier alpha value is -2.60. The minimum atomic E-state index is 0.0813. The van der Waals surface area contributed by atoms with E-state index in [1.807, 2.05) is 20.0 Å². The number of nitrogens with one attached hydrogen (secondary N) is 2. The van der Waals surface area contributed by atoms with Crippen LogP contribution in [0.15, 0.2) is 18.2 Å². The van der Waals surface area contributed by atoms with E-state index >= 15 is 0 Å². The third-order valence-electron chi connectivity index (χ3n) is 4.83. The smallest absolute Gasteiger partial charge is 0.227 e. The number of carbonyl (C=O) groups is 1. The molecule has 2 aromatic heterocycles. The molecule has 1 aromatic carbocycles. The Morgan fingerprint density at radius 1 is 1.23 bits per heavy atom. The minimum Gasteiger partial charge on any atom is -0.378 e. The van der Waals surface area contributed by atoms with Crippen LogP contribution in [0.4, 0.5) is 0 Å². The molecule has 0 fully saturated rings. The van der Waals surface area contributed by atoms with E-state index in [0.717, 1.165) is 28.2 Å². The van der Waals surface area contributed by atoms with Gasteiger partial charge in [0.15, 0.2) is 0 Å². The van der Waals surface area contributed by atoms with Crippen LogP contribution in [0.3, 0.4) is 0 Å². The maximum atomic E-state index is 12.8. The van der Waals surface area contributed by atoms with Crippen LogP contribution in [0.5, 0.6) is 0 Å². The third-order valence-corrected chi connectivity index (χ3v) is 4.83. The molecule has 0 aliphatic heterocycles. The van der Waals surface area contributed by atoms with Crippen molar-refractivity contribution in [1.82, 2.24) is 20.1 Å². The first-order chi connectivity index (χ1) is 12.4. The Morgan fingerprint density at radius 3 is 2.69 bits per heavy atom. The summed E-state index contributed by atoms with van der Waals surface area (Å²) in [5.41, 5.74) is 7.40. The molecule has 1 amide bonds. The fourth-order valence-electron chi connectivity index (χ4n) is 3.37. The van der Waals surface area contributed by atoms with Crippen molar-refractivity contribution in [1.29, 1.82) is 0 Å². The van der Waals surface area contributed by atoms with Gasteiger partial charge < -0.3 is 14.6 Å². The molecule has 0 unspecified atom stereocenters. The quantitative estimate of drug-likeness (QED) is 0.714. The molecule has 0 saturated heterocycles. The molecular weight excluding hydrogens is 328 g/mol. The molecule has 0 aliphatic carbocycles. The molecule has 26 heavy (non-hydrogen) atoms. The van der Waals surface area contributed by atoms with Crippen LogP contribution < -0.4 is 0 Å². The Morgan fingerprint density at radius 2 is 1.96 bits per heavy atom. The first-order valence-electron chi connectivity index (χ1n) is 8.74. The number of methoxy groups -OCH3 is 1. The van der Waals surface area contributed by atoms with Gasteiger partial charge in [0.05, 0.1) is 31.0 Å². The van der Waals surface area contributed by atoms with Crippen molar-refractivity contribution < 1.29 is 9.53 Å². The normalized spacial score (nSPS) is 11.3. The molecule has 6 nitrogen and oxygen atoms in total. The lowest BCUT2D eigenvalue weighted by atomic mass is 10.0. The number of aryl methyl sites for hydroxylation is 3. The Bertz CT molecular complexity index is 939. The van der Waals surface area contributed by atoms with Gasteiger partial charge in [-0.15, -0.1) is 0 Å². The van der Waals surface area contributed by atoms with E-state index in [4.69, 9.17) is 4.74 Å². The molecule has 0 spiro atoms. The molecule has 0 bridgehead atoms. The first kappa shape index (κ1) is 18.2. The average molecular weight is 354 g/mol. The van der Waals surface area contributed by atoms with Crippen molar-refractivity contribution in [3.63, 3.8) is 0 Å². The molecule has 0 atom stereocenters. The highest BCUT2D eigenvalue weighted by molar-refractivity contribution is 5.93. The number of hydrogen-bond acceptors (Lipinski definition) is 3. The van der Waals surface area contributed by atoms with Gasteiger partial charge in [-0.25, -0.2) is 0 Å². The number of hydrogen-bond donors (Lipinski definition) is 2. The van der Waals surface area contributed by atoms with Gasteiger partial charge in [0.2, 0.25) is 5.91 Å². The summed E-state index contributed by atoms with van der Waals surface area (Å²) >= 11 is 0. The van der Waals surface area contributed by atoms with E-state index in [1.54, 1.807) is 12.0 Å². The van der Waals surface area contributed by atoms with E-state index < -0.39 is 0 Å². The minimum absolute atomic E-state index is 0.0813. The molecule has 2 heterocycles. The van der Waals surface area contributed by atoms with E-state index in [2.05, 4.69) is 41.2 Å². The van der Waals surface area contributed by atoms with Crippen molar-refractivity contribution in [2.45, 2.75) is 40.3 Å². The van der Waals surface area contributed by atoms with E-state index in [-0.39, 0.29) is 5.91 Å². The molecule has 6 heteroatoms. The van der Waals surface area contributed by atoms with Crippen LogP contribution in [0.2, 0.25) is 0 Å². The van der Waals surface area contributed by atoms with Crippen LogP contribution in [-0.2, 0) is 29.1 Å². The molecule has 0 saturated carbocycles. The summed E-state index contributed by atoms with van der Waals surface area (Å²) in [7, 11) is 3.46. The number of likely N-dealkylation sites (N-methyl/N-ethyl adjacent to an activating group) is 1. The van der Waals surface area contributed by atoms with Crippen molar-refractivity contribution >= 4 is 16.8 Å². The second-order valence-corrected chi connectivity index (χ2v) is 6.92. The van der Waals surface area contributed by atoms with E-state index in [9.17, 15) is 4.79 Å². The molecular formula is C20H26N4O2. The second kappa shape index (κ2) is 7.33. The average Bonchev–Trinajstić information content (AvgIpc) is 3.17. The molecule has 2 N–H and O–H groups in total. The fourth-order valence-corrected chi connectivity index (χ4v) is 3.37. The number of rotatable bonds is 6. The summed E-state index contributed by atoms with van der Waals surface area (Å²) < 4.78 is 5.07. The number of carbonyl (C=O) groups excluding carboxylic acids is 1. The SMILES string of the molecule is COCc1cc(CN(C)C(=O)Cc2c(C)[nH]c3c(C)ccc(C)c23)[nH]n1. The summed E-state index contributed by atoms with van der Waals surface area (Å²) in [5.74, 6) is 0.0813. The first-order valence-corrected chi connectivity index (χ1v) is 8.74. The van der Waals surface area contributed by atoms with Gasteiger partial charge in [0, 0.05) is 30.8 Å². The van der Waals surface area contributed by atoms with Gasteiger partial charge in [0.25, 0.3) is 0 Å². The van der Waals surface area contributed by atoms with Crippen molar-refractivity contribution in [2.24, 2.45) is 0 Å². The maximum absolute atomic E-state index is 12.8. The van der Waals surface area contributed by atoms with Crippen LogP contribution in [0.1, 0.15) is 33.8 Å². The highest BCUT2D eigenvalue weighted by atomic mass is 16.5. The van der Waals surface area contributed by atoms with E-state index in [0.29, 0.717) is 19.6 Å². The summed E-state index contributed by atoms with van der Waals surface area (Å²) in [5, 5.41) is 8.31. The number of amides is 1. The number of H-pyrrole nitrogens is 2. The lowest BCUT2D eigenvalue weighted by molar-refractivity contribution is -0.129. The molecule has 3 rings (SSSR count). The van der Waals surface area contributed by atoms with Gasteiger partial charge in [-0.1, -0.05) is 12.1 Å². The van der Waals surface area contributed by atoms with Crippen LogP contribution in [0, 0.1) is 20.8 Å². The van der Waals surface area contributed by atoms with Crippen molar-refractivity contribution in [2.75, 3.05) is 14.2 Å². The zero-order valence-electron chi connectivity index (χ0n) is 16.1. The molecule has 3 aromatic rings. The van der Waals surface area contributed by atoms with Gasteiger partial charge in [-0.05, 0) is 43.5 Å². The van der Waals surface area contributed by atoms with Gasteiger partial charge in [-0.3, -0.25) is 9.89 Å². The number of ether oxygens (including phenoxy) is 1. The Labute approximate surface area is 153 Å². The standard InChI is InChI=1S/C20H26N4O2/c1-12-6-7-13(2)20-19(12)17(14(3)21-20)9-18(25)24(4)10-15-8-16(11-26-5)23-22-15/h6-8,21H,9-11H2,1-5H3,(H,22,23). The van der Waals surface area contributed by atoms with Crippen molar-refractivity contribution in [3.05, 3.63) is 52.0 Å². The lowest BCUT2D eigenvalue weighted by Gasteiger charge is -2.16. The third kappa shape index (κ3) is 3.51. The number of fused-ring (bicyclic) bond motifs is 1. The number of aromatic nitrogens is 3. The summed E-state index contributed by atoms with van der Waals surface area (Å²) in [6.07, 6.45) is 0.381. The predicted molar refractivity (Wildman–Crippen MR) is 102 cm³/mol. The Kier molecular flexibility index (Phi) is 5.13. The number of nitrogens with zero attached hydrogens (tertiary/aromatic N) is 2. The zero-order valence-corrected chi connectivity index (χ0v) is 16.1. The van der Waals surface area contributed by atoms with Crippen LogP contribution in [0.25, 0.3) is 10.9 Å². The van der Waals surface area contributed by atoms with Gasteiger partial charge >= 0.3 is 0 Å². The number of aromatic amines is 2. The topological polar surface area (TPSA) is 74.0 Å². The van der Waals surface area contributed by atoms with Crippen LogP contribution in [-0.4, -0.2) is 40.1 Å². The molecule has 0 radical (unpaired) electrons. The van der Waals surface area contributed by atoms with Crippen LogP contribution >= 0.6 is 0 Å². The fraction of sp³-hybridized carbons (Fsp3) is 0.400. The largest absolute Gasteiger partial charge is 0.378 e. The molecule has 0 aliphatic rings. The predicted octanol–water partition coefficient (Wildman–Crippen LogP) is 3.16.